The highest BCUT2D eigenvalue weighted by molar-refractivity contribution is 5.85. The van der Waals surface area contributed by atoms with Gasteiger partial charge in [-0.15, -0.1) is 12.4 Å². The Morgan fingerprint density at radius 1 is 1.33 bits per heavy atom. The zero-order valence-electron chi connectivity index (χ0n) is 6.26. The second-order valence-corrected chi connectivity index (χ2v) is 2.83. The first-order valence-corrected chi connectivity index (χ1v) is 3.51. The quantitative estimate of drug-likeness (QED) is 0.509. The van der Waals surface area contributed by atoms with Crippen LogP contribution in [0.5, 0.6) is 0 Å². The van der Waals surface area contributed by atoms with Gasteiger partial charge in [0.25, 0.3) is 0 Å². The van der Waals surface area contributed by atoms with Crippen molar-refractivity contribution in [1.29, 1.82) is 0 Å². The normalized spacial score (nSPS) is 29.3. The average Bonchev–Trinajstić information content (AvgIpc) is 1.77. The van der Waals surface area contributed by atoms with Gasteiger partial charge in [0.1, 0.15) is 0 Å². The monoisotopic (exact) mass is 149 g/mol. The predicted molar refractivity (Wildman–Crippen MR) is 43.2 cm³/mol. The molecule has 9 heavy (non-hydrogen) atoms. The summed E-state index contributed by atoms with van der Waals surface area (Å²) in [4.78, 5) is 2.43. The predicted octanol–water partition coefficient (Wildman–Crippen LogP) is 1.91. The summed E-state index contributed by atoms with van der Waals surface area (Å²) in [6, 6.07) is 0.837. The van der Waals surface area contributed by atoms with E-state index in [1.54, 1.807) is 0 Å². The number of hydrogen-bond donors (Lipinski definition) is 0. The van der Waals surface area contributed by atoms with E-state index in [1.807, 2.05) is 0 Å². The van der Waals surface area contributed by atoms with Crippen LogP contribution in [0.3, 0.4) is 0 Å². The maximum atomic E-state index is 2.43. The lowest BCUT2D eigenvalue weighted by molar-refractivity contribution is 0.200. The Labute approximate surface area is 63.8 Å². The molecule has 1 atom stereocenters. The number of rotatable bonds is 0. The molecule has 0 amide bonds. The van der Waals surface area contributed by atoms with E-state index in [-0.39, 0.29) is 12.4 Å². The first-order chi connectivity index (χ1) is 3.80. The van der Waals surface area contributed by atoms with Crippen LogP contribution in [-0.4, -0.2) is 24.5 Å². The van der Waals surface area contributed by atoms with Gasteiger partial charge >= 0.3 is 0 Å². The molecule has 56 valence electrons. The SMILES string of the molecule is C[C@@H]1CCCCN1C.Cl. The van der Waals surface area contributed by atoms with Gasteiger partial charge in [0.2, 0.25) is 0 Å². The molecule has 0 bridgehead atoms. The molecule has 1 aliphatic heterocycles. The Morgan fingerprint density at radius 3 is 2.33 bits per heavy atom. The molecule has 1 fully saturated rings. The highest BCUT2D eigenvalue weighted by atomic mass is 35.5. The Bertz CT molecular complexity index is 65.3. The van der Waals surface area contributed by atoms with Crippen molar-refractivity contribution in [2.75, 3.05) is 13.6 Å². The molecule has 2 heteroatoms. The topological polar surface area (TPSA) is 3.24 Å². The Balaban J connectivity index is 0.000000640. The number of hydrogen-bond acceptors (Lipinski definition) is 1. The van der Waals surface area contributed by atoms with E-state index >= 15 is 0 Å². The number of nitrogens with zero attached hydrogens (tertiary/aromatic N) is 1. The zero-order chi connectivity index (χ0) is 5.98. The standard InChI is InChI=1S/C7H15N.ClH/c1-7-5-3-4-6-8(7)2;/h7H,3-6H2,1-2H3;1H/t7-;/m1./s1. The van der Waals surface area contributed by atoms with Crippen molar-refractivity contribution in [3.8, 4) is 0 Å². The van der Waals surface area contributed by atoms with E-state index in [9.17, 15) is 0 Å². The van der Waals surface area contributed by atoms with Gasteiger partial charge in [0, 0.05) is 6.04 Å². The molecule has 1 nitrogen and oxygen atoms in total. The van der Waals surface area contributed by atoms with Gasteiger partial charge in [0.05, 0.1) is 0 Å². The molecular weight excluding hydrogens is 134 g/mol. The first-order valence-electron chi connectivity index (χ1n) is 3.51. The van der Waals surface area contributed by atoms with Gasteiger partial charge in [0.15, 0.2) is 0 Å². The molecule has 0 aliphatic carbocycles. The maximum Gasteiger partial charge on any atom is 0.00638 e. The minimum atomic E-state index is 0. The second-order valence-electron chi connectivity index (χ2n) is 2.83. The van der Waals surface area contributed by atoms with Gasteiger partial charge in [-0.05, 0) is 33.4 Å². The summed E-state index contributed by atoms with van der Waals surface area (Å²) in [5, 5.41) is 0. The lowest BCUT2D eigenvalue weighted by atomic mass is 10.1. The fourth-order valence-corrected chi connectivity index (χ4v) is 1.24. The molecule has 0 aromatic heterocycles. The highest BCUT2D eigenvalue weighted by Gasteiger charge is 2.12. The van der Waals surface area contributed by atoms with Crippen LogP contribution in [0.1, 0.15) is 26.2 Å². The van der Waals surface area contributed by atoms with E-state index < -0.39 is 0 Å². The molecule has 0 aromatic rings. The second kappa shape index (κ2) is 4.13. The minimum absolute atomic E-state index is 0. The summed E-state index contributed by atoms with van der Waals surface area (Å²) < 4.78 is 0. The van der Waals surface area contributed by atoms with Crippen LogP contribution in [0.15, 0.2) is 0 Å². The number of halogens is 1. The summed E-state index contributed by atoms with van der Waals surface area (Å²) in [6.45, 7) is 3.61. The Kier molecular flexibility index (Phi) is 4.24. The third kappa shape index (κ3) is 2.55. The van der Waals surface area contributed by atoms with Gasteiger partial charge in [-0.1, -0.05) is 6.42 Å². The summed E-state index contributed by atoms with van der Waals surface area (Å²) in [5.74, 6) is 0. The molecule has 0 saturated carbocycles. The fraction of sp³-hybridized carbons (Fsp3) is 1.00. The van der Waals surface area contributed by atoms with E-state index in [0.717, 1.165) is 6.04 Å². The summed E-state index contributed by atoms with van der Waals surface area (Å²) in [5.41, 5.74) is 0. The third-order valence-corrected chi connectivity index (χ3v) is 2.14. The van der Waals surface area contributed by atoms with Gasteiger partial charge in [-0.25, -0.2) is 0 Å². The third-order valence-electron chi connectivity index (χ3n) is 2.14. The van der Waals surface area contributed by atoms with Gasteiger partial charge in [-0.3, -0.25) is 0 Å². The molecule has 0 N–H and O–H groups in total. The summed E-state index contributed by atoms with van der Waals surface area (Å²) >= 11 is 0. The van der Waals surface area contributed by atoms with Crippen molar-refractivity contribution >= 4 is 12.4 Å². The molecule has 1 aliphatic rings. The molecule has 0 unspecified atom stereocenters. The van der Waals surface area contributed by atoms with Crippen molar-refractivity contribution in [1.82, 2.24) is 4.90 Å². The molecule has 0 aromatic carbocycles. The maximum absolute atomic E-state index is 2.43. The van der Waals surface area contributed by atoms with Crippen LogP contribution in [-0.2, 0) is 0 Å². The van der Waals surface area contributed by atoms with Crippen LogP contribution in [0.4, 0.5) is 0 Å². The van der Waals surface area contributed by atoms with Crippen molar-refractivity contribution < 1.29 is 0 Å². The number of piperidine rings is 1. The van der Waals surface area contributed by atoms with E-state index in [4.69, 9.17) is 0 Å². The summed E-state index contributed by atoms with van der Waals surface area (Å²) in [7, 11) is 2.21. The number of likely N-dealkylation sites (tertiary alicyclic amines) is 1. The van der Waals surface area contributed by atoms with Crippen LogP contribution < -0.4 is 0 Å². The van der Waals surface area contributed by atoms with Crippen molar-refractivity contribution in [3.05, 3.63) is 0 Å². The van der Waals surface area contributed by atoms with Crippen molar-refractivity contribution in [3.63, 3.8) is 0 Å². The first kappa shape index (κ1) is 9.25. The van der Waals surface area contributed by atoms with Crippen LogP contribution in [0.25, 0.3) is 0 Å². The van der Waals surface area contributed by atoms with Gasteiger partial charge in [-0.2, -0.15) is 0 Å². The molecule has 1 rings (SSSR count). The Morgan fingerprint density at radius 2 is 2.00 bits per heavy atom. The molecule has 0 spiro atoms. The average molecular weight is 150 g/mol. The lowest BCUT2D eigenvalue weighted by Crippen LogP contribution is -2.33. The zero-order valence-corrected chi connectivity index (χ0v) is 7.08. The summed E-state index contributed by atoms with van der Waals surface area (Å²) in [6.07, 6.45) is 4.24. The van der Waals surface area contributed by atoms with Crippen molar-refractivity contribution in [2.24, 2.45) is 0 Å². The van der Waals surface area contributed by atoms with Gasteiger partial charge < -0.3 is 4.90 Å². The molecule has 1 heterocycles. The lowest BCUT2D eigenvalue weighted by Gasteiger charge is -2.29. The van der Waals surface area contributed by atoms with E-state index in [1.165, 1.54) is 25.8 Å². The van der Waals surface area contributed by atoms with Crippen LogP contribution in [0, 0.1) is 0 Å². The van der Waals surface area contributed by atoms with E-state index in [0.29, 0.717) is 0 Å². The molecule has 1 saturated heterocycles. The largest absolute Gasteiger partial charge is 0.304 e. The fourth-order valence-electron chi connectivity index (χ4n) is 1.24. The highest BCUT2D eigenvalue weighted by Crippen LogP contribution is 2.13. The Hall–Kier alpha value is 0.250. The molecular formula is C7H16ClN. The molecule has 0 radical (unpaired) electrons. The van der Waals surface area contributed by atoms with Crippen molar-refractivity contribution in [2.45, 2.75) is 32.2 Å². The smallest absolute Gasteiger partial charge is 0.00638 e. The van der Waals surface area contributed by atoms with E-state index in [2.05, 4.69) is 18.9 Å². The minimum Gasteiger partial charge on any atom is -0.304 e. The van der Waals surface area contributed by atoms with Crippen LogP contribution in [0.2, 0.25) is 0 Å². The van der Waals surface area contributed by atoms with Crippen LogP contribution >= 0.6 is 12.4 Å².